The van der Waals surface area contributed by atoms with Crippen LogP contribution in [0, 0.1) is 0 Å². The van der Waals surface area contributed by atoms with E-state index in [2.05, 4.69) is 62.4 Å². The maximum absolute atomic E-state index is 5.88. The summed E-state index contributed by atoms with van der Waals surface area (Å²) >= 11 is 11.8. The topological polar surface area (TPSA) is 50.0 Å². The Bertz CT molecular complexity index is 791. The van der Waals surface area contributed by atoms with Crippen molar-refractivity contribution in [3.05, 3.63) is 70.8 Å². The molecule has 0 amide bonds. The maximum atomic E-state index is 5.88. The maximum Gasteiger partial charge on any atom is 0.0580 e. The van der Waals surface area contributed by atoms with Gasteiger partial charge in [-0.25, -0.2) is 0 Å². The zero-order valence-corrected chi connectivity index (χ0v) is 24.4. The highest BCUT2D eigenvalue weighted by atomic mass is 35.5. The van der Waals surface area contributed by atoms with Crippen LogP contribution >= 0.6 is 23.2 Å². The van der Waals surface area contributed by atoms with E-state index >= 15 is 0 Å². The summed E-state index contributed by atoms with van der Waals surface area (Å²) in [6.07, 6.45) is 12.7. The molecular weight excluding hydrogens is 503 g/mol. The van der Waals surface area contributed by atoms with Crippen molar-refractivity contribution in [3.8, 4) is 0 Å². The van der Waals surface area contributed by atoms with E-state index in [4.69, 9.17) is 32.7 Å². The summed E-state index contributed by atoms with van der Waals surface area (Å²) in [7, 11) is 0. The molecule has 2 aromatic rings. The Kier molecular flexibility index (Phi) is 15.8. The fourth-order valence-electron chi connectivity index (χ4n) is 5.72. The van der Waals surface area contributed by atoms with Crippen molar-refractivity contribution in [3.63, 3.8) is 0 Å². The van der Waals surface area contributed by atoms with E-state index < -0.39 is 0 Å². The number of rotatable bonds is 10. The van der Waals surface area contributed by atoms with Crippen LogP contribution in [0.15, 0.2) is 48.5 Å². The quantitative estimate of drug-likeness (QED) is 0.279. The van der Waals surface area contributed by atoms with Gasteiger partial charge in [-0.05, 0) is 98.3 Å². The SMILES string of the molecule is CC(CC1CCCCO1)c1ccccc1CCCl.CC(CC1CCCCO1)c1ccccc1CCCl.O. The van der Waals surface area contributed by atoms with Gasteiger partial charge in [0.15, 0.2) is 0 Å². The molecule has 2 aliphatic rings. The lowest BCUT2D eigenvalue weighted by Gasteiger charge is -2.26. The summed E-state index contributed by atoms with van der Waals surface area (Å²) in [5, 5.41) is 0. The molecule has 2 aliphatic heterocycles. The van der Waals surface area contributed by atoms with E-state index in [0.29, 0.717) is 35.8 Å². The normalized spacial score (nSPS) is 21.2. The van der Waals surface area contributed by atoms with Crippen LogP contribution in [0.25, 0.3) is 0 Å². The molecule has 2 heterocycles. The minimum Gasteiger partial charge on any atom is -0.412 e. The van der Waals surface area contributed by atoms with E-state index in [0.717, 1.165) is 38.9 Å². The molecule has 0 saturated carbocycles. The summed E-state index contributed by atoms with van der Waals surface area (Å²) in [6.45, 7) is 6.51. The number of benzene rings is 2. The molecule has 4 rings (SSSR count). The monoisotopic (exact) mass is 550 g/mol. The van der Waals surface area contributed by atoms with E-state index in [1.807, 2.05) is 0 Å². The zero-order valence-electron chi connectivity index (χ0n) is 22.9. The summed E-state index contributed by atoms with van der Waals surface area (Å²) in [6, 6.07) is 17.4. The number of ether oxygens (including phenoxy) is 2. The minimum atomic E-state index is 0. The van der Waals surface area contributed by atoms with Gasteiger partial charge in [-0.2, -0.15) is 0 Å². The van der Waals surface area contributed by atoms with Gasteiger partial charge in [-0.15, -0.1) is 23.2 Å². The Hall–Kier alpha value is -1.10. The molecule has 208 valence electrons. The standard InChI is InChI=1S/2C16H23ClO.H2O/c2*1-13(12-15-7-4-5-11-18-15)16-8-3-2-6-14(16)9-10-17;/h2*2-3,6,8,13,15H,4-5,7,9-12H2,1H3;1H2. The lowest BCUT2D eigenvalue weighted by molar-refractivity contribution is 0.00773. The molecule has 2 fully saturated rings. The third-order valence-electron chi connectivity index (χ3n) is 7.68. The molecule has 4 atom stereocenters. The van der Waals surface area contributed by atoms with Crippen LogP contribution in [-0.4, -0.2) is 42.7 Å². The van der Waals surface area contributed by atoms with Crippen LogP contribution in [0.3, 0.4) is 0 Å². The molecule has 37 heavy (non-hydrogen) atoms. The van der Waals surface area contributed by atoms with Gasteiger partial charge in [-0.1, -0.05) is 62.4 Å². The van der Waals surface area contributed by atoms with Crippen LogP contribution < -0.4 is 0 Å². The predicted octanol–water partition coefficient (Wildman–Crippen LogP) is 8.24. The van der Waals surface area contributed by atoms with Crippen molar-refractivity contribution in [2.75, 3.05) is 25.0 Å². The third-order valence-corrected chi connectivity index (χ3v) is 8.06. The summed E-state index contributed by atoms with van der Waals surface area (Å²) in [5.74, 6) is 2.52. The first kappa shape index (κ1) is 32.1. The zero-order chi connectivity index (χ0) is 25.6. The summed E-state index contributed by atoms with van der Waals surface area (Å²) in [4.78, 5) is 0. The molecule has 4 unspecified atom stereocenters. The molecule has 0 aliphatic carbocycles. The first-order valence-corrected chi connectivity index (χ1v) is 15.2. The lowest BCUT2D eigenvalue weighted by atomic mass is 9.88. The Balaban J connectivity index is 0.000000253. The lowest BCUT2D eigenvalue weighted by Crippen LogP contribution is -2.21. The van der Waals surface area contributed by atoms with Gasteiger partial charge in [0.25, 0.3) is 0 Å². The van der Waals surface area contributed by atoms with E-state index in [1.165, 1.54) is 60.8 Å². The highest BCUT2D eigenvalue weighted by molar-refractivity contribution is 6.18. The molecule has 0 aromatic heterocycles. The Labute approximate surface area is 235 Å². The molecule has 2 saturated heterocycles. The van der Waals surface area contributed by atoms with E-state index in [1.54, 1.807) is 0 Å². The molecule has 2 N–H and O–H groups in total. The average molecular weight is 552 g/mol. The number of hydrogen-bond acceptors (Lipinski definition) is 2. The number of halogens is 2. The van der Waals surface area contributed by atoms with Crippen molar-refractivity contribution in [2.45, 2.75) is 102 Å². The molecule has 5 heteroatoms. The molecular formula is C32H48Cl2O3. The summed E-state index contributed by atoms with van der Waals surface area (Å²) in [5.41, 5.74) is 5.70. The highest BCUT2D eigenvalue weighted by Crippen LogP contribution is 2.30. The Morgan fingerprint density at radius 1 is 0.676 bits per heavy atom. The van der Waals surface area contributed by atoms with Gasteiger partial charge in [0, 0.05) is 25.0 Å². The molecule has 0 radical (unpaired) electrons. The fourth-order valence-corrected chi connectivity index (χ4v) is 6.13. The van der Waals surface area contributed by atoms with E-state index in [9.17, 15) is 0 Å². The first-order chi connectivity index (χ1) is 17.6. The highest BCUT2D eigenvalue weighted by Gasteiger charge is 2.20. The van der Waals surface area contributed by atoms with Crippen molar-refractivity contribution >= 4 is 23.2 Å². The fraction of sp³-hybridized carbons (Fsp3) is 0.625. The second-order valence-corrected chi connectivity index (χ2v) is 11.3. The minimum absolute atomic E-state index is 0. The van der Waals surface area contributed by atoms with Crippen molar-refractivity contribution in [1.29, 1.82) is 0 Å². The second-order valence-electron chi connectivity index (χ2n) is 10.5. The average Bonchev–Trinajstić information content (AvgIpc) is 2.91. The molecule has 0 spiro atoms. The van der Waals surface area contributed by atoms with Gasteiger partial charge in [0.1, 0.15) is 0 Å². The van der Waals surface area contributed by atoms with Gasteiger partial charge >= 0.3 is 0 Å². The number of hydrogen-bond donors (Lipinski definition) is 0. The van der Waals surface area contributed by atoms with Crippen LogP contribution in [-0.2, 0) is 22.3 Å². The largest absolute Gasteiger partial charge is 0.412 e. The summed E-state index contributed by atoms with van der Waals surface area (Å²) < 4.78 is 11.7. The van der Waals surface area contributed by atoms with Crippen LogP contribution in [0.4, 0.5) is 0 Å². The van der Waals surface area contributed by atoms with Crippen LogP contribution in [0.5, 0.6) is 0 Å². The predicted molar refractivity (Wildman–Crippen MR) is 159 cm³/mol. The Morgan fingerprint density at radius 3 is 1.43 bits per heavy atom. The molecule has 3 nitrogen and oxygen atoms in total. The van der Waals surface area contributed by atoms with Crippen LogP contribution in [0.2, 0.25) is 0 Å². The number of aryl methyl sites for hydroxylation is 2. The first-order valence-electron chi connectivity index (χ1n) is 14.1. The van der Waals surface area contributed by atoms with Crippen molar-refractivity contribution < 1.29 is 14.9 Å². The molecule has 2 aromatic carbocycles. The van der Waals surface area contributed by atoms with Gasteiger partial charge in [-0.3, -0.25) is 0 Å². The van der Waals surface area contributed by atoms with E-state index in [-0.39, 0.29) is 5.48 Å². The second kappa shape index (κ2) is 18.2. The van der Waals surface area contributed by atoms with Crippen molar-refractivity contribution in [1.82, 2.24) is 0 Å². The smallest absolute Gasteiger partial charge is 0.0580 e. The van der Waals surface area contributed by atoms with Gasteiger partial charge in [0.05, 0.1) is 12.2 Å². The van der Waals surface area contributed by atoms with Gasteiger partial charge in [0.2, 0.25) is 0 Å². The van der Waals surface area contributed by atoms with Crippen LogP contribution in [0.1, 0.15) is 99.3 Å². The van der Waals surface area contributed by atoms with Gasteiger partial charge < -0.3 is 14.9 Å². The molecule has 0 bridgehead atoms. The third kappa shape index (κ3) is 10.9. The van der Waals surface area contributed by atoms with Crippen molar-refractivity contribution in [2.24, 2.45) is 0 Å². The Morgan fingerprint density at radius 2 is 1.08 bits per heavy atom. The number of alkyl halides is 2.